The van der Waals surface area contributed by atoms with E-state index in [0.29, 0.717) is 5.92 Å². The monoisotopic (exact) mass is 286 g/mol. The van der Waals surface area contributed by atoms with Gasteiger partial charge in [-0.3, -0.25) is 4.98 Å². The molecule has 0 saturated carbocycles. The molecule has 0 aromatic carbocycles. The summed E-state index contributed by atoms with van der Waals surface area (Å²) >= 11 is 0. The van der Waals surface area contributed by atoms with Crippen molar-refractivity contribution in [3.8, 4) is 0 Å². The molecule has 0 amide bonds. The van der Waals surface area contributed by atoms with E-state index in [1.165, 1.54) is 5.69 Å². The quantitative estimate of drug-likeness (QED) is 0.865. The van der Waals surface area contributed by atoms with Crippen LogP contribution in [0.15, 0.2) is 37.1 Å². The van der Waals surface area contributed by atoms with Gasteiger partial charge in [0.05, 0.1) is 37.5 Å². The van der Waals surface area contributed by atoms with E-state index in [2.05, 4.69) is 45.4 Å². The number of pyridine rings is 1. The molecule has 5 nitrogen and oxygen atoms in total. The van der Waals surface area contributed by atoms with E-state index in [9.17, 15) is 0 Å². The molecule has 3 rings (SSSR count). The van der Waals surface area contributed by atoms with Gasteiger partial charge in [-0.2, -0.15) is 0 Å². The van der Waals surface area contributed by atoms with E-state index in [0.717, 1.165) is 31.9 Å². The molecule has 0 N–H and O–H groups in total. The van der Waals surface area contributed by atoms with Crippen LogP contribution >= 0.6 is 0 Å². The predicted molar refractivity (Wildman–Crippen MR) is 82.5 cm³/mol. The summed E-state index contributed by atoms with van der Waals surface area (Å²) in [4.78, 5) is 11.0. The number of imidazole rings is 1. The van der Waals surface area contributed by atoms with Crippen LogP contribution in [0.1, 0.15) is 25.5 Å². The van der Waals surface area contributed by atoms with Crippen LogP contribution in [-0.2, 0) is 11.3 Å². The summed E-state index contributed by atoms with van der Waals surface area (Å²) in [5.74, 6) is 0.470. The summed E-state index contributed by atoms with van der Waals surface area (Å²) in [6.07, 6.45) is 7.78. The number of anilines is 1. The highest BCUT2D eigenvalue weighted by Gasteiger charge is 2.21. The lowest BCUT2D eigenvalue weighted by molar-refractivity contribution is 0.0296. The largest absolute Gasteiger partial charge is 0.373 e. The van der Waals surface area contributed by atoms with Crippen molar-refractivity contribution in [3.05, 3.63) is 42.7 Å². The predicted octanol–water partition coefficient (Wildman–Crippen LogP) is 2.31. The van der Waals surface area contributed by atoms with Gasteiger partial charge in [0, 0.05) is 31.2 Å². The van der Waals surface area contributed by atoms with Crippen molar-refractivity contribution in [1.82, 2.24) is 14.5 Å². The van der Waals surface area contributed by atoms with Crippen molar-refractivity contribution < 1.29 is 4.74 Å². The van der Waals surface area contributed by atoms with Crippen molar-refractivity contribution in [1.29, 1.82) is 0 Å². The Morgan fingerprint density at radius 3 is 2.95 bits per heavy atom. The molecule has 1 aliphatic rings. The van der Waals surface area contributed by atoms with E-state index in [-0.39, 0.29) is 6.10 Å². The van der Waals surface area contributed by atoms with E-state index >= 15 is 0 Å². The first kappa shape index (κ1) is 14.1. The summed E-state index contributed by atoms with van der Waals surface area (Å²) in [5.41, 5.74) is 2.32. The van der Waals surface area contributed by atoms with Crippen molar-refractivity contribution in [2.24, 2.45) is 0 Å². The number of aromatic nitrogens is 3. The first-order chi connectivity index (χ1) is 10.2. The van der Waals surface area contributed by atoms with Crippen molar-refractivity contribution in [2.45, 2.75) is 32.4 Å². The molecular weight excluding hydrogens is 264 g/mol. The highest BCUT2D eigenvalue weighted by molar-refractivity contribution is 5.45. The summed E-state index contributed by atoms with van der Waals surface area (Å²) in [7, 11) is 0. The zero-order chi connectivity index (χ0) is 14.7. The van der Waals surface area contributed by atoms with Gasteiger partial charge in [-0.05, 0) is 18.1 Å². The number of hydrogen-bond acceptors (Lipinski definition) is 4. The summed E-state index contributed by atoms with van der Waals surface area (Å²) in [6, 6.07) is 4.29. The average molecular weight is 286 g/mol. The number of nitrogens with zero attached hydrogens (tertiary/aromatic N) is 4. The van der Waals surface area contributed by atoms with Gasteiger partial charge in [0.1, 0.15) is 0 Å². The second kappa shape index (κ2) is 6.26. The van der Waals surface area contributed by atoms with Crippen molar-refractivity contribution in [3.63, 3.8) is 0 Å². The molecule has 0 aliphatic carbocycles. The number of hydrogen-bond donors (Lipinski definition) is 0. The minimum Gasteiger partial charge on any atom is -0.373 e. The Bertz CT molecular complexity index is 550. The van der Waals surface area contributed by atoms with Gasteiger partial charge in [-0.25, -0.2) is 4.98 Å². The first-order valence-corrected chi connectivity index (χ1v) is 7.50. The fourth-order valence-electron chi connectivity index (χ4n) is 2.62. The molecule has 1 saturated heterocycles. The maximum Gasteiger partial charge on any atom is 0.0946 e. The Morgan fingerprint density at radius 2 is 2.29 bits per heavy atom. The highest BCUT2D eigenvalue weighted by atomic mass is 16.5. The molecule has 0 bridgehead atoms. The van der Waals surface area contributed by atoms with Gasteiger partial charge >= 0.3 is 0 Å². The number of morpholine rings is 1. The average Bonchev–Trinajstić information content (AvgIpc) is 3.00. The van der Waals surface area contributed by atoms with Crippen LogP contribution in [0, 0.1) is 0 Å². The molecule has 5 heteroatoms. The SMILES string of the molecule is CC(C)c1ccc(N2CCO[C@H](Cn3ccnc3)C2)cn1. The molecule has 21 heavy (non-hydrogen) atoms. The number of ether oxygens (including phenoxy) is 1. The van der Waals surface area contributed by atoms with E-state index in [1.807, 2.05) is 18.7 Å². The molecule has 112 valence electrons. The smallest absolute Gasteiger partial charge is 0.0946 e. The van der Waals surface area contributed by atoms with Gasteiger partial charge in [0.2, 0.25) is 0 Å². The van der Waals surface area contributed by atoms with Gasteiger partial charge in [-0.15, -0.1) is 0 Å². The second-order valence-corrected chi connectivity index (χ2v) is 5.79. The Morgan fingerprint density at radius 1 is 1.38 bits per heavy atom. The van der Waals surface area contributed by atoms with Gasteiger partial charge in [-0.1, -0.05) is 13.8 Å². The molecule has 1 fully saturated rings. The molecule has 0 radical (unpaired) electrons. The van der Waals surface area contributed by atoms with Crippen LogP contribution in [0.25, 0.3) is 0 Å². The minimum absolute atomic E-state index is 0.192. The van der Waals surface area contributed by atoms with Crippen LogP contribution in [-0.4, -0.2) is 40.3 Å². The van der Waals surface area contributed by atoms with E-state index < -0.39 is 0 Å². The van der Waals surface area contributed by atoms with E-state index in [4.69, 9.17) is 4.74 Å². The lowest BCUT2D eigenvalue weighted by Gasteiger charge is -2.34. The van der Waals surface area contributed by atoms with Crippen LogP contribution in [0.3, 0.4) is 0 Å². The fourth-order valence-corrected chi connectivity index (χ4v) is 2.62. The topological polar surface area (TPSA) is 43.2 Å². The minimum atomic E-state index is 0.192. The highest BCUT2D eigenvalue weighted by Crippen LogP contribution is 2.20. The Hall–Kier alpha value is -1.88. The van der Waals surface area contributed by atoms with E-state index in [1.54, 1.807) is 6.20 Å². The Kier molecular flexibility index (Phi) is 4.20. The lowest BCUT2D eigenvalue weighted by atomic mass is 10.1. The van der Waals surface area contributed by atoms with Crippen molar-refractivity contribution >= 4 is 5.69 Å². The van der Waals surface area contributed by atoms with Gasteiger partial charge in [0.25, 0.3) is 0 Å². The molecule has 3 heterocycles. The normalized spacial score (nSPS) is 19.2. The van der Waals surface area contributed by atoms with Crippen LogP contribution in [0.2, 0.25) is 0 Å². The maximum absolute atomic E-state index is 5.85. The second-order valence-electron chi connectivity index (χ2n) is 5.79. The summed E-state index contributed by atoms with van der Waals surface area (Å²) in [5, 5.41) is 0. The third-order valence-corrected chi connectivity index (χ3v) is 3.84. The van der Waals surface area contributed by atoms with Crippen LogP contribution in [0.5, 0.6) is 0 Å². The lowest BCUT2D eigenvalue weighted by Crippen LogP contribution is -2.44. The van der Waals surface area contributed by atoms with Gasteiger partial charge in [0.15, 0.2) is 0 Å². The van der Waals surface area contributed by atoms with Crippen LogP contribution < -0.4 is 4.90 Å². The molecule has 1 aliphatic heterocycles. The maximum atomic E-state index is 5.85. The summed E-state index contributed by atoms with van der Waals surface area (Å²) < 4.78 is 7.92. The Balaban J connectivity index is 1.65. The third kappa shape index (κ3) is 3.42. The van der Waals surface area contributed by atoms with Crippen LogP contribution in [0.4, 0.5) is 5.69 Å². The molecule has 0 unspecified atom stereocenters. The molecular formula is C16H22N4O. The molecule has 1 atom stereocenters. The third-order valence-electron chi connectivity index (χ3n) is 3.84. The zero-order valence-electron chi connectivity index (χ0n) is 12.6. The van der Waals surface area contributed by atoms with Gasteiger partial charge < -0.3 is 14.2 Å². The van der Waals surface area contributed by atoms with Crippen molar-refractivity contribution in [2.75, 3.05) is 24.6 Å². The Labute approximate surface area is 125 Å². The standard InChI is InChI=1S/C16H22N4O/c1-13(2)16-4-3-14(9-18-16)20-7-8-21-15(11-20)10-19-6-5-17-12-19/h3-6,9,12-13,15H,7-8,10-11H2,1-2H3/t15-/m1/s1. The zero-order valence-corrected chi connectivity index (χ0v) is 12.6. The fraction of sp³-hybridized carbons (Fsp3) is 0.500. The molecule has 2 aromatic rings. The molecule has 2 aromatic heterocycles. The first-order valence-electron chi connectivity index (χ1n) is 7.50. The summed E-state index contributed by atoms with van der Waals surface area (Å²) in [6.45, 7) is 7.74. The molecule has 0 spiro atoms. The number of rotatable bonds is 4.